The fraction of sp³-hybridized carbons (Fsp3) is 0.615. The number of hydrogen-bond donors (Lipinski definition) is 2. The minimum absolute atomic E-state index is 0.160. The number of fused-ring (bicyclic) bond motifs is 1. The first-order valence-corrected chi connectivity index (χ1v) is 12.9. The average Bonchev–Trinajstić information content (AvgIpc) is 3.23. The van der Waals surface area contributed by atoms with Gasteiger partial charge in [-0.2, -0.15) is 0 Å². The van der Waals surface area contributed by atoms with E-state index < -0.39 is 0 Å². The number of rotatable bonds is 6. The van der Waals surface area contributed by atoms with E-state index in [2.05, 4.69) is 49.6 Å². The van der Waals surface area contributed by atoms with Crippen molar-refractivity contribution in [1.82, 2.24) is 24.6 Å². The van der Waals surface area contributed by atoms with E-state index in [1.807, 2.05) is 25.4 Å². The molecular weight excluding hydrogens is 426 g/mol. The van der Waals surface area contributed by atoms with Crippen molar-refractivity contribution in [3.8, 4) is 0 Å². The summed E-state index contributed by atoms with van der Waals surface area (Å²) in [5, 5.41) is 18.4. The van der Waals surface area contributed by atoms with Crippen molar-refractivity contribution in [3.63, 3.8) is 0 Å². The Morgan fingerprint density at radius 2 is 1.85 bits per heavy atom. The van der Waals surface area contributed by atoms with Crippen LogP contribution in [0.15, 0.2) is 24.5 Å². The standard InChI is InChI=1S/C26H37N7O/c1-4-17(2)29-25-28-16-24-22(15-23(33(24)31-25)20-5-7-21(34)8-6-20)19-10-13-32(14-11-19)26-27-12-9-18(3)30-26/h9,12,15-17,19-21,34H,4-8,10-11,13-14H2,1-3H3,(H,29,31)/t17-,20-,21-/m0/s1. The van der Waals surface area contributed by atoms with Crippen molar-refractivity contribution < 1.29 is 5.11 Å². The Labute approximate surface area is 201 Å². The third-order valence-electron chi connectivity index (χ3n) is 7.68. The molecule has 0 amide bonds. The molecule has 0 spiro atoms. The predicted molar refractivity (Wildman–Crippen MR) is 135 cm³/mol. The molecule has 8 nitrogen and oxygen atoms in total. The number of aryl methyl sites for hydroxylation is 1. The molecule has 8 heteroatoms. The third-order valence-corrected chi connectivity index (χ3v) is 7.68. The van der Waals surface area contributed by atoms with Gasteiger partial charge in [0.05, 0.1) is 17.8 Å². The van der Waals surface area contributed by atoms with E-state index in [0.29, 0.717) is 23.8 Å². The fourth-order valence-corrected chi connectivity index (χ4v) is 5.40. The summed E-state index contributed by atoms with van der Waals surface area (Å²) >= 11 is 0. The number of nitrogens with one attached hydrogen (secondary N) is 1. The van der Waals surface area contributed by atoms with Crippen LogP contribution in [0.25, 0.3) is 5.52 Å². The first-order chi connectivity index (χ1) is 16.5. The molecule has 0 bridgehead atoms. The van der Waals surface area contributed by atoms with Crippen LogP contribution in [0.5, 0.6) is 0 Å². The SMILES string of the molecule is CC[C@H](C)Nc1ncc2c(C3CCN(c4nccc(C)n4)CC3)cc([C@H]3CC[C@H](O)CC3)n2n1. The monoisotopic (exact) mass is 463 g/mol. The van der Waals surface area contributed by atoms with Crippen LogP contribution in [0, 0.1) is 6.92 Å². The quantitative estimate of drug-likeness (QED) is 0.558. The molecule has 1 aliphatic carbocycles. The largest absolute Gasteiger partial charge is 0.393 e. The molecule has 0 unspecified atom stereocenters. The molecule has 182 valence electrons. The maximum atomic E-state index is 10.0. The molecule has 3 aromatic heterocycles. The van der Waals surface area contributed by atoms with E-state index in [4.69, 9.17) is 5.10 Å². The molecule has 2 fully saturated rings. The molecule has 2 N–H and O–H groups in total. The van der Waals surface area contributed by atoms with Crippen LogP contribution in [0.4, 0.5) is 11.9 Å². The summed E-state index contributed by atoms with van der Waals surface area (Å²) < 4.78 is 2.14. The van der Waals surface area contributed by atoms with Crippen LogP contribution in [-0.4, -0.2) is 54.9 Å². The molecule has 34 heavy (non-hydrogen) atoms. The molecule has 5 rings (SSSR count). The van der Waals surface area contributed by atoms with Gasteiger partial charge in [-0.15, -0.1) is 5.10 Å². The van der Waals surface area contributed by atoms with E-state index in [9.17, 15) is 5.11 Å². The zero-order valence-electron chi connectivity index (χ0n) is 20.6. The van der Waals surface area contributed by atoms with Gasteiger partial charge in [0.2, 0.25) is 11.9 Å². The molecule has 4 heterocycles. The second kappa shape index (κ2) is 9.86. The summed E-state index contributed by atoms with van der Waals surface area (Å²) in [6.07, 6.45) is 10.6. The number of anilines is 2. The highest BCUT2D eigenvalue weighted by Crippen LogP contribution is 2.39. The average molecular weight is 464 g/mol. The Morgan fingerprint density at radius 1 is 1.09 bits per heavy atom. The zero-order chi connectivity index (χ0) is 23.7. The summed E-state index contributed by atoms with van der Waals surface area (Å²) in [4.78, 5) is 16.1. The molecule has 1 saturated heterocycles. The van der Waals surface area contributed by atoms with Crippen LogP contribution in [0.2, 0.25) is 0 Å². The highest BCUT2D eigenvalue weighted by molar-refractivity contribution is 5.59. The van der Waals surface area contributed by atoms with Gasteiger partial charge in [-0.25, -0.2) is 19.5 Å². The maximum absolute atomic E-state index is 10.0. The molecule has 1 saturated carbocycles. The molecule has 3 aromatic rings. The Bertz CT molecular complexity index is 1110. The Hall–Kier alpha value is -2.74. The van der Waals surface area contributed by atoms with Gasteiger partial charge in [-0.1, -0.05) is 6.92 Å². The summed E-state index contributed by atoms with van der Waals surface area (Å²) in [7, 11) is 0. The summed E-state index contributed by atoms with van der Waals surface area (Å²) in [6, 6.07) is 4.66. The van der Waals surface area contributed by atoms with E-state index in [1.54, 1.807) is 0 Å². The predicted octanol–water partition coefficient (Wildman–Crippen LogP) is 4.44. The number of aromatic nitrogens is 5. The first-order valence-electron chi connectivity index (χ1n) is 12.9. The molecular formula is C26H37N7O. The van der Waals surface area contributed by atoms with Crippen molar-refractivity contribution in [2.24, 2.45) is 0 Å². The second-order valence-corrected chi connectivity index (χ2v) is 10.1. The molecule has 0 aromatic carbocycles. The van der Waals surface area contributed by atoms with Gasteiger partial charge in [0.1, 0.15) is 0 Å². The van der Waals surface area contributed by atoms with E-state index in [-0.39, 0.29) is 6.10 Å². The lowest BCUT2D eigenvalue weighted by Crippen LogP contribution is -2.34. The van der Waals surface area contributed by atoms with Crippen LogP contribution in [-0.2, 0) is 0 Å². The van der Waals surface area contributed by atoms with Crippen molar-refractivity contribution in [2.45, 2.75) is 89.7 Å². The van der Waals surface area contributed by atoms with E-state index in [0.717, 1.165) is 75.2 Å². The van der Waals surface area contributed by atoms with Gasteiger partial charge in [0.15, 0.2) is 0 Å². The van der Waals surface area contributed by atoms with Crippen LogP contribution >= 0.6 is 0 Å². The van der Waals surface area contributed by atoms with E-state index >= 15 is 0 Å². The van der Waals surface area contributed by atoms with Gasteiger partial charge in [0.25, 0.3) is 0 Å². The molecule has 1 atom stereocenters. The second-order valence-electron chi connectivity index (χ2n) is 10.1. The van der Waals surface area contributed by atoms with Gasteiger partial charge in [-0.3, -0.25) is 0 Å². The third kappa shape index (κ3) is 4.73. The van der Waals surface area contributed by atoms with Crippen LogP contribution in [0.1, 0.15) is 87.6 Å². The Morgan fingerprint density at radius 3 is 2.56 bits per heavy atom. The topological polar surface area (TPSA) is 91.5 Å². The van der Waals surface area contributed by atoms with E-state index in [1.165, 1.54) is 11.3 Å². The summed E-state index contributed by atoms with van der Waals surface area (Å²) in [6.45, 7) is 8.23. The van der Waals surface area contributed by atoms with Crippen molar-refractivity contribution in [2.75, 3.05) is 23.3 Å². The van der Waals surface area contributed by atoms with Gasteiger partial charge >= 0.3 is 0 Å². The van der Waals surface area contributed by atoms with Gasteiger partial charge in [-0.05, 0) is 82.4 Å². The minimum Gasteiger partial charge on any atom is -0.393 e. The Balaban J connectivity index is 1.42. The summed E-state index contributed by atoms with van der Waals surface area (Å²) in [5.41, 5.74) is 4.77. The lowest BCUT2D eigenvalue weighted by Gasteiger charge is -2.32. The highest BCUT2D eigenvalue weighted by atomic mass is 16.3. The minimum atomic E-state index is -0.160. The van der Waals surface area contributed by atoms with Gasteiger partial charge < -0.3 is 15.3 Å². The van der Waals surface area contributed by atoms with Gasteiger partial charge in [0, 0.05) is 42.6 Å². The van der Waals surface area contributed by atoms with Crippen molar-refractivity contribution in [3.05, 3.63) is 41.5 Å². The molecule has 2 aliphatic rings. The number of nitrogens with zero attached hydrogens (tertiary/aromatic N) is 6. The molecule has 1 aliphatic heterocycles. The van der Waals surface area contributed by atoms with Crippen LogP contribution in [0.3, 0.4) is 0 Å². The number of piperidine rings is 1. The first kappa shape index (κ1) is 23.0. The highest BCUT2D eigenvalue weighted by Gasteiger charge is 2.29. The number of aliphatic hydroxyl groups is 1. The maximum Gasteiger partial charge on any atom is 0.241 e. The lowest BCUT2D eigenvalue weighted by atomic mass is 9.84. The normalized spacial score (nSPS) is 22.8. The lowest BCUT2D eigenvalue weighted by molar-refractivity contribution is 0.121. The zero-order valence-corrected chi connectivity index (χ0v) is 20.6. The summed E-state index contributed by atoms with van der Waals surface area (Å²) in [5.74, 6) is 2.42. The van der Waals surface area contributed by atoms with Crippen LogP contribution < -0.4 is 10.2 Å². The van der Waals surface area contributed by atoms with Crippen molar-refractivity contribution >= 4 is 17.4 Å². The fourth-order valence-electron chi connectivity index (χ4n) is 5.40. The van der Waals surface area contributed by atoms with Crippen molar-refractivity contribution in [1.29, 1.82) is 0 Å². The number of hydrogen-bond acceptors (Lipinski definition) is 7. The molecule has 0 radical (unpaired) electrons. The Kier molecular flexibility index (Phi) is 6.68. The number of aliphatic hydroxyl groups excluding tert-OH is 1. The smallest absolute Gasteiger partial charge is 0.241 e.